The highest BCUT2D eigenvalue weighted by atomic mass is 32.2. The lowest BCUT2D eigenvalue weighted by Crippen LogP contribution is -2.44. The highest BCUT2D eigenvalue weighted by Crippen LogP contribution is 2.25. The SMILES string of the molecule is CNC(=O)[C@@H](c1ccccc1)N(Cc1ccccc1)C(=O)COc1ccc(S(=O)(=O)N2CCOCC2)cc1. The second-order valence-corrected chi connectivity index (χ2v) is 10.6. The van der Waals surface area contributed by atoms with Gasteiger partial charge in [0.15, 0.2) is 6.61 Å². The second kappa shape index (κ2) is 12.7. The highest BCUT2D eigenvalue weighted by molar-refractivity contribution is 7.89. The van der Waals surface area contributed by atoms with Crippen molar-refractivity contribution < 1.29 is 27.5 Å². The maximum absolute atomic E-state index is 13.5. The zero-order chi connectivity index (χ0) is 27.0. The molecule has 3 aromatic carbocycles. The van der Waals surface area contributed by atoms with Crippen molar-refractivity contribution in [3.63, 3.8) is 0 Å². The van der Waals surface area contributed by atoms with E-state index in [4.69, 9.17) is 9.47 Å². The van der Waals surface area contributed by atoms with E-state index in [0.29, 0.717) is 37.6 Å². The molecule has 0 spiro atoms. The molecule has 3 aromatic rings. The third-order valence-electron chi connectivity index (χ3n) is 6.23. The molecule has 1 atom stereocenters. The van der Waals surface area contributed by atoms with E-state index in [2.05, 4.69) is 5.32 Å². The molecule has 0 saturated carbocycles. The number of hydrogen-bond acceptors (Lipinski definition) is 6. The molecule has 0 aromatic heterocycles. The Morgan fingerprint density at radius 1 is 0.947 bits per heavy atom. The minimum atomic E-state index is -3.63. The molecule has 38 heavy (non-hydrogen) atoms. The molecule has 1 saturated heterocycles. The molecule has 9 nitrogen and oxygen atoms in total. The van der Waals surface area contributed by atoms with Gasteiger partial charge in [0.2, 0.25) is 15.9 Å². The molecular formula is C28H31N3O6S. The van der Waals surface area contributed by atoms with Gasteiger partial charge in [-0.1, -0.05) is 60.7 Å². The van der Waals surface area contributed by atoms with Crippen LogP contribution in [0.4, 0.5) is 0 Å². The third-order valence-corrected chi connectivity index (χ3v) is 8.14. The molecule has 10 heteroatoms. The Hall–Kier alpha value is -3.73. The van der Waals surface area contributed by atoms with Gasteiger partial charge in [-0.3, -0.25) is 9.59 Å². The van der Waals surface area contributed by atoms with E-state index < -0.39 is 22.0 Å². The Morgan fingerprint density at radius 2 is 1.55 bits per heavy atom. The Kier molecular flexibility index (Phi) is 9.11. The smallest absolute Gasteiger partial charge is 0.261 e. The summed E-state index contributed by atoms with van der Waals surface area (Å²) in [5.41, 5.74) is 1.54. The number of rotatable bonds is 10. The Morgan fingerprint density at radius 3 is 2.16 bits per heavy atom. The maximum atomic E-state index is 13.5. The molecule has 0 aliphatic carbocycles. The first-order chi connectivity index (χ1) is 18.4. The summed E-state index contributed by atoms with van der Waals surface area (Å²) in [6, 6.07) is 23.6. The van der Waals surface area contributed by atoms with E-state index in [1.54, 1.807) is 12.1 Å². The van der Waals surface area contributed by atoms with Gasteiger partial charge in [0.05, 0.1) is 18.1 Å². The van der Waals surface area contributed by atoms with Gasteiger partial charge in [0.1, 0.15) is 11.8 Å². The lowest BCUT2D eigenvalue weighted by Gasteiger charge is -2.31. The molecule has 2 amide bonds. The van der Waals surface area contributed by atoms with Crippen molar-refractivity contribution in [3.8, 4) is 5.75 Å². The highest BCUT2D eigenvalue weighted by Gasteiger charge is 2.31. The van der Waals surface area contributed by atoms with Gasteiger partial charge in [-0.25, -0.2) is 8.42 Å². The molecule has 0 bridgehead atoms. The number of morpholine rings is 1. The molecule has 1 N–H and O–H groups in total. The van der Waals surface area contributed by atoms with Crippen molar-refractivity contribution in [2.75, 3.05) is 40.0 Å². The summed E-state index contributed by atoms with van der Waals surface area (Å²) in [5, 5.41) is 2.66. The number of ether oxygens (including phenoxy) is 2. The molecule has 1 heterocycles. The first kappa shape index (κ1) is 27.3. The van der Waals surface area contributed by atoms with Gasteiger partial charge in [-0.15, -0.1) is 0 Å². The lowest BCUT2D eigenvalue weighted by atomic mass is 10.0. The standard InChI is InChI=1S/C28H31N3O6S/c1-29-28(33)27(23-10-6-3-7-11-23)31(20-22-8-4-2-5-9-22)26(32)21-37-24-12-14-25(15-13-24)38(34,35)30-16-18-36-19-17-30/h2-15,27H,16-21H2,1H3,(H,29,33)/t27-/m1/s1. The number of carbonyl (C=O) groups is 2. The van der Waals surface area contributed by atoms with Gasteiger partial charge in [0.25, 0.3) is 5.91 Å². The van der Waals surface area contributed by atoms with Crippen LogP contribution in [0, 0.1) is 0 Å². The summed E-state index contributed by atoms with van der Waals surface area (Å²) in [5.74, 6) is -0.371. The van der Waals surface area contributed by atoms with E-state index >= 15 is 0 Å². The fourth-order valence-electron chi connectivity index (χ4n) is 4.22. The minimum Gasteiger partial charge on any atom is -0.484 e. The number of nitrogens with one attached hydrogen (secondary N) is 1. The average Bonchev–Trinajstić information content (AvgIpc) is 2.97. The minimum absolute atomic E-state index is 0.146. The van der Waals surface area contributed by atoms with Crippen LogP contribution in [-0.4, -0.2) is 69.4 Å². The van der Waals surface area contributed by atoms with Crippen LogP contribution in [0.1, 0.15) is 17.2 Å². The van der Waals surface area contributed by atoms with Gasteiger partial charge >= 0.3 is 0 Å². The first-order valence-corrected chi connectivity index (χ1v) is 13.7. The summed E-state index contributed by atoms with van der Waals surface area (Å²) in [7, 11) is -2.10. The van der Waals surface area contributed by atoms with Crippen LogP contribution in [0.15, 0.2) is 89.8 Å². The maximum Gasteiger partial charge on any atom is 0.261 e. The Labute approximate surface area is 223 Å². The second-order valence-electron chi connectivity index (χ2n) is 8.71. The van der Waals surface area contributed by atoms with Crippen molar-refractivity contribution in [2.45, 2.75) is 17.5 Å². The Balaban J connectivity index is 1.52. The monoisotopic (exact) mass is 537 g/mol. The number of likely N-dealkylation sites (N-methyl/N-ethyl adjacent to an activating group) is 1. The van der Waals surface area contributed by atoms with Crippen LogP contribution in [0.5, 0.6) is 5.75 Å². The largest absolute Gasteiger partial charge is 0.484 e. The zero-order valence-electron chi connectivity index (χ0n) is 21.2. The van der Waals surface area contributed by atoms with Crippen LogP contribution in [0.2, 0.25) is 0 Å². The first-order valence-electron chi connectivity index (χ1n) is 12.3. The van der Waals surface area contributed by atoms with Crippen molar-refractivity contribution in [3.05, 3.63) is 96.1 Å². The third kappa shape index (κ3) is 6.58. The molecule has 1 fully saturated rings. The van der Waals surface area contributed by atoms with E-state index in [1.807, 2.05) is 48.5 Å². The predicted octanol–water partition coefficient (Wildman–Crippen LogP) is 2.60. The van der Waals surface area contributed by atoms with Crippen LogP contribution in [-0.2, 0) is 30.9 Å². The van der Waals surface area contributed by atoms with Crippen molar-refractivity contribution in [2.24, 2.45) is 0 Å². The van der Waals surface area contributed by atoms with E-state index in [0.717, 1.165) is 5.56 Å². The number of hydrogen-bond donors (Lipinski definition) is 1. The quantitative estimate of drug-likeness (QED) is 0.426. The molecule has 1 aliphatic rings. The predicted molar refractivity (Wildman–Crippen MR) is 142 cm³/mol. The fourth-order valence-corrected chi connectivity index (χ4v) is 5.63. The summed E-state index contributed by atoms with van der Waals surface area (Å²) in [6.45, 7) is 1.21. The lowest BCUT2D eigenvalue weighted by molar-refractivity contribution is -0.143. The normalized spacial score (nSPS) is 14.9. The molecule has 0 unspecified atom stereocenters. The van der Waals surface area contributed by atoms with Crippen molar-refractivity contribution >= 4 is 21.8 Å². The number of amides is 2. The van der Waals surface area contributed by atoms with Gasteiger partial charge in [-0.2, -0.15) is 4.31 Å². The number of benzene rings is 3. The summed E-state index contributed by atoms with van der Waals surface area (Å²) < 4.78 is 38.1. The average molecular weight is 538 g/mol. The zero-order valence-corrected chi connectivity index (χ0v) is 22.0. The van der Waals surface area contributed by atoms with E-state index in [9.17, 15) is 18.0 Å². The van der Waals surface area contributed by atoms with Gasteiger partial charge < -0.3 is 19.7 Å². The van der Waals surface area contributed by atoms with Crippen LogP contribution in [0.25, 0.3) is 0 Å². The topological polar surface area (TPSA) is 105 Å². The van der Waals surface area contributed by atoms with Crippen LogP contribution < -0.4 is 10.1 Å². The summed E-state index contributed by atoms with van der Waals surface area (Å²) in [6.07, 6.45) is 0. The molecular weight excluding hydrogens is 506 g/mol. The molecule has 200 valence electrons. The van der Waals surface area contributed by atoms with E-state index in [-0.39, 0.29) is 24.0 Å². The fraction of sp³-hybridized carbons (Fsp3) is 0.286. The number of sulfonamides is 1. The van der Waals surface area contributed by atoms with Crippen molar-refractivity contribution in [1.82, 2.24) is 14.5 Å². The Bertz CT molecular complexity index is 1310. The van der Waals surface area contributed by atoms with E-state index in [1.165, 1.54) is 40.5 Å². The van der Waals surface area contributed by atoms with Crippen LogP contribution in [0.3, 0.4) is 0 Å². The molecule has 4 rings (SSSR count). The number of carbonyl (C=O) groups excluding carboxylic acids is 2. The molecule has 1 aliphatic heterocycles. The summed E-state index contributed by atoms with van der Waals surface area (Å²) >= 11 is 0. The molecule has 0 radical (unpaired) electrons. The van der Waals surface area contributed by atoms with Gasteiger partial charge in [-0.05, 0) is 35.4 Å². The van der Waals surface area contributed by atoms with Crippen LogP contribution >= 0.6 is 0 Å². The van der Waals surface area contributed by atoms with Crippen molar-refractivity contribution in [1.29, 1.82) is 0 Å². The van der Waals surface area contributed by atoms with Gasteiger partial charge in [0, 0.05) is 26.7 Å². The number of nitrogens with zero attached hydrogens (tertiary/aromatic N) is 2. The summed E-state index contributed by atoms with van der Waals surface area (Å²) in [4.78, 5) is 28.1.